The number of anilines is 1. The van der Waals surface area contributed by atoms with Crippen LogP contribution in [0.5, 0.6) is 5.75 Å². The molecule has 86 valence electrons. The van der Waals surface area contributed by atoms with Crippen LogP contribution < -0.4 is 10.5 Å². The Morgan fingerprint density at radius 1 is 1.53 bits per heavy atom. The highest BCUT2D eigenvalue weighted by Crippen LogP contribution is 2.22. The highest BCUT2D eigenvalue weighted by Gasteiger charge is 2.05. The summed E-state index contributed by atoms with van der Waals surface area (Å²) in [5, 5.41) is 20.1. The van der Waals surface area contributed by atoms with E-state index in [-0.39, 0.29) is 6.61 Å². The number of tetrazole rings is 1. The lowest BCUT2D eigenvalue weighted by molar-refractivity contribution is 0.297. The number of aromatic nitrogens is 4. The van der Waals surface area contributed by atoms with Gasteiger partial charge in [-0.15, -0.1) is 10.2 Å². The van der Waals surface area contributed by atoms with Crippen molar-refractivity contribution in [2.45, 2.75) is 6.61 Å². The van der Waals surface area contributed by atoms with Gasteiger partial charge >= 0.3 is 0 Å². The zero-order chi connectivity index (χ0) is 12.3. The molecule has 0 saturated carbocycles. The third kappa shape index (κ3) is 2.49. The number of hydrogen-bond acceptors (Lipinski definition) is 6. The fraction of sp³-hybridized carbons (Fsp3) is 0.200. The first-order valence-electron chi connectivity index (χ1n) is 4.84. The molecule has 2 aromatic rings. The van der Waals surface area contributed by atoms with Crippen LogP contribution in [0.25, 0.3) is 0 Å². The van der Waals surface area contributed by atoms with E-state index in [0.29, 0.717) is 22.8 Å². The van der Waals surface area contributed by atoms with E-state index in [1.165, 1.54) is 4.80 Å². The number of hydrogen-bond donors (Lipinski definition) is 1. The molecule has 0 radical (unpaired) electrons. The molecule has 0 aliphatic carbocycles. The number of nitrogens with zero attached hydrogens (tertiary/aromatic N) is 5. The lowest BCUT2D eigenvalue weighted by atomic mass is 10.2. The Morgan fingerprint density at radius 3 is 2.94 bits per heavy atom. The molecule has 7 nitrogen and oxygen atoms in total. The minimum absolute atomic E-state index is 0.184. The smallest absolute Gasteiger partial charge is 0.212 e. The van der Waals surface area contributed by atoms with E-state index in [1.54, 1.807) is 25.2 Å². The van der Waals surface area contributed by atoms with Crippen molar-refractivity contribution in [3.05, 3.63) is 29.6 Å². The van der Waals surface area contributed by atoms with Crippen LogP contribution in [0.4, 0.5) is 5.69 Å². The Labute approximate surface area is 97.4 Å². The van der Waals surface area contributed by atoms with Crippen molar-refractivity contribution in [1.29, 1.82) is 5.26 Å². The van der Waals surface area contributed by atoms with Gasteiger partial charge < -0.3 is 10.5 Å². The molecule has 0 atom stereocenters. The summed E-state index contributed by atoms with van der Waals surface area (Å²) in [6, 6.07) is 6.83. The Hall–Kier alpha value is -2.62. The minimum atomic E-state index is 0.184. The molecule has 2 rings (SSSR count). The Balaban J connectivity index is 2.07. The van der Waals surface area contributed by atoms with Gasteiger partial charge in [0.05, 0.1) is 24.4 Å². The van der Waals surface area contributed by atoms with Gasteiger partial charge in [-0.25, -0.2) is 0 Å². The van der Waals surface area contributed by atoms with Crippen LogP contribution in [0, 0.1) is 11.3 Å². The maximum absolute atomic E-state index is 8.69. The molecule has 0 fully saturated rings. The maximum Gasteiger partial charge on any atom is 0.212 e. The summed E-state index contributed by atoms with van der Waals surface area (Å²) in [5.41, 5.74) is 6.63. The summed E-state index contributed by atoms with van der Waals surface area (Å²) in [6.45, 7) is 0.184. The fourth-order valence-corrected chi connectivity index (χ4v) is 1.27. The van der Waals surface area contributed by atoms with Crippen LogP contribution in [0.1, 0.15) is 11.4 Å². The van der Waals surface area contributed by atoms with Crippen molar-refractivity contribution < 1.29 is 4.74 Å². The molecule has 1 heterocycles. The van der Waals surface area contributed by atoms with Gasteiger partial charge in [0.25, 0.3) is 0 Å². The van der Waals surface area contributed by atoms with Crippen molar-refractivity contribution in [2.24, 2.45) is 7.05 Å². The van der Waals surface area contributed by atoms with Gasteiger partial charge in [0.15, 0.2) is 6.61 Å². The number of ether oxygens (including phenoxy) is 1. The van der Waals surface area contributed by atoms with Gasteiger partial charge in [0.2, 0.25) is 5.82 Å². The van der Waals surface area contributed by atoms with Crippen LogP contribution in [0.15, 0.2) is 18.2 Å². The van der Waals surface area contributed by atoms with Crippen LogP contribution in [0.3, 0.4) is 0 Å². The van der Waals surface area contributed by atoms with Gasteiger partial charge in [-0.05, 0) is 23.4 Å². The van der Waals surface area contributed by atoms with E-state index in [2.05, 4.69) is 15.4 Å². The highest BCUT2D eigenvalue weighted by molar-refractivity contribution is 5.56. The monoisotopic (exact) mass is 230 g/mol. The lowest BCUT2D eigenvalue weighted by Gasteiger charge is -2.06. The van der Waals surface area contributed by atoms with Crippen molar-refractivity contribution in [1.82, 2.24) is 20.2 Å². The predicted molar refractivity (Wildman–Crippen MR) is 58.7 cm³/mol. The first kappa shape index (κ1) is 10.9. The van der Waals surface area contributed by atoms with Gasteiger partial charge in [-0.3, -0.25) is 0 Å². The van der Waals surface area contributed by atoms with E-state index in [9.17, 15) is 0 Å². The molecule has 0 saturated heterocycles. The molecular weight excluding hydrogens is 220 g/mol. The van der Waals surface area contributed by atoms with E-state index >= 15 is 0 Å². The molecule has 0 amide bonds. The van der Waals surface area contributed by atoms with E-state index in [1.807, 2.05) is 6.07 Å². The second kappa shape index (κ2) is 4.49. The largest absolute Gasteiger partial charge is 0.483 e. The van der Waals surface area contributed by atoms with Crippen molar-refractivity contribution in [3.63, 3.8) is 0 Å². The number of nitrogens with two attached hydrogens (primary N) is 1. The standard InChI is InChI=1S/C10H10N6O/c1-16-14-10(13-15-16)6-17-9-3-2-7(5-11)4-8(9)12/h2-4H,6,12H2,1H3. The predicted octanol–water partition coefficient (Wildman–Crippen LogP) is 0.243. The van der Waals surface area contributed by atoms with Gasteiger partial charge in [-0.2, -0.15) is 10.1 Å². The first-order valence-corrected chi connectivity index (χ1v) is 4.84. The summed E-state index contributed by atoms with van der Waals surface area (Å²) in [7, 11) is 1.67. The third-order valence-electron chi connectivity index (χ3n) is 2.05. The SMILES string of the molecule is Cn1nnc(COc2ccc(C#N)cc2N)n1. The highest BCUT2D eigenvalue weighted by atomic mass is 16.5. The fourth-order valence-electron chi connectivity index (χ4n) is 1.27. The Morgan fingerprint density at radius 2 is 2.35 bits per heavy atom. The maximum atomic E-state index is 8.69. The molecule has 1 aromatic carbocycles. The van der Waals surface area contributed by atoms with E-state index in [4.69, 9.17) is 15.7 Å². The molecule has 0 aliphatic heterocycles. The summed E-state index contributed by atoms with van der Waals surface area (Å²) < 4.78 is 5.42. The number of nitriles is 1. The van der Waals surface area contributed by atoms with Gasteiger partial charge in [0.1, 0.15) is 5.75 Å². The quantitative estimate of drug-likeness (QED) is 0.758. The number of rotatable bonds is 3. The number of nitrogen functional groups attached to an aromatic ring is 1. The van der Waals surface area contributed by atoms with E-state index in [0.717, 1.165) is 0 Å². The molecule has 7 heteroatoms. The average Bonchev–Trinajstić information content (AvgIpc) is 2.73. The summed E-state index contributed by atoms with van der Waals surface area (Å²) >= 11 is 0. The minimum Gasteiger partial charge on any atom is -0.483 e. The van der Waals surface area contributed by atoms with Crippen molar-refractivity contribution in [3.8, 4) is 11.8 Å². The molecule has 1 aromatic heterocycles. The molecule has 2 N–H and O–H groups in total. The molecule has 17 heavy (non-hydrogen) atoms. The lowest BCUT2D eigenvalue weighted by Crippen LogP contribution is -2.01. The summed E-state index contributed by atoms with van der Waals surface area (Å²) in [5.74, 6) is 0.965. The van der Waals surface area contributed by atoms with Crippen molar-refractivity contribution >= 4 is 5.69 Å². The third-order valence-corrected chi connectivity index (χ3v) is 2.05. The van der Waals surface area contributed by atoms with Crippen LogP contribution in [-0.4, -0.2) is 20.2 Å². The second-order valence-electron chi connectivity index (χ2n) is 3.35. The Kier molecular flexibility index (Phi) is 2.87. The zero-order valence-electron chi connectivity index (χ0n) is 9.16. The van der Waals surface area contributed by atoms with Crippen LogP contribution >= 0.6 is 0 Å². The summed E-state index contributed by atoms with van der Waals surface area (Å²) in [6.07, 6.45) is 0. The normalized spacial score (nSPS) is 9.88. The number of aryl methyl sites for hydroxylation is 1. The molecule has 0 spiro atoms. The zero-order valence-corrected chi connectivity index (χ0v) is 9.16. The second-order valence-corrected chi connectivity index (χ2v) is 3.35. The average molecular weight is 230 g/mol. The van der Waals surface area contributed by atoms with Crippen LogP contribution in [0.2, 0.25) is 0 Å². The Bertz CT molecular complexity index is 570. The summed E-state index contributed by atoms with van der Waals surface area (Å²) in [4.78, 5) is 1.35. The first-order chi connectivity index (χ1) is 8.19. The molecule has 0 aliphatic rings. The van der Waals surface area contributed by atoms with Gasteiger partial charge in [-0.1, -0.05) is 0 Å². The molecular formula is C10H10N6O. The van der Waals surface area contributed by atoms with Crippen molar-refractivity contribution in [2.75, 3.05) is 5.73 Å². The molecule has 0 bridgehead atoms. The van der Waals surface area contributed by atoms with E-state index < -0.39 is 0 Å². The number of benzene rings is 1. The topological polar surface area (TPSA) is 103 Å². The van der Waals surface area contributed by atoms with Crippen LogP contribution in [-0.2, 0) is 13.7 Å². The van der Waals surface area contributed by atoms with Gasteiger partial charge in [0, 0.05) is 0 Å². The molecule has 0 unspecified atom stereocenters.